The minimum absolute atomic E-state index is 0. The van der Waals surface area contributed by atoms with Crippen molar-refractivity contribution in [1.82, 2.24) is 5.32 Å². The lowest BCUT2D eigenvalue weighted by Crippen LogP contribution is -2.52. The Morgan fingerprint density at radius 3 is 2.71 bits per heavy atom. The van der Waals surface area contributed by atoms with Crippen molar-refractivity contribution in [2.45, 2.75) is 32.7 Å². The molecule has 1 heterocycles. The van der Waals surface area contributed by atoms with Crippen LogP contribution in [0.1, 0.15) is 37.6 Å². The number of amides is 1. The van der Waals surface area contributed by atoms with Gasteiger partial charge in [0, 0.05) is 22.3 Å². The van der Waals surface area contributed by atoms with Crippen molar-refractivity contribution in [3.05, 3.63) is 35.2 Å². The highest BCUT2D eigenvalue weighted by molar-refractivity contribution is 7.17. The van der Waals surface area contributed by atoms with E-state index in [0.717, 1.165) is 11.8 Å². The van der Waals surface area contributed by atoms with Crippen LogP contribution in [-0.4, -0.2) is 18.0 Å². The predicted octanol–water partition coefficient (Wildman–Crippen LogP) is 3.82. The van der Waals surface area contributed by atoms with E-state index in [2.05, 4.69) is 19.2 Å². The fourth-order valence-electron chi connectivity index (χ4n) is 2.54. The number of nitrogens with two attached hydrogens (primary N) is 1. The third-order valence-corrected chi connectivity index (χ3v) is 4.34. The molecule has 3 nitrogen and oxygen atoms in total. The summed E-state index contributed by atoms with van der Waals surface area (Å²) in [5.41, 5.74) is 6.18. The summed E-state index contributed by atoms with van der Waals surface area (Å²) in [6.07, 6.45) is 0.871. The molecule has 0 bridgehead atoms. The third-order valence-electron chi connectivity index (χ3n) is 3.44. The molecule has 1 atom stereocenters. The van der Waals surface area contributed by atoms with Gasteiger partial charge in [-0.25, -0.2) is 0 Å². The number of halogens is 1. The summed E-state index contributed by atoms with van der Waals surface area (Å²) in [5, 5.41) is 6.24. The van der Waals surface area contributed by atoms with Gasteiger partial charge in [0.15, 0.2) is 0 Å². The van der Waals surface area contributed by atoms with E-state index in [-0.39, 0.29) is 23.9 Å². The molecule has 0 spiro atoms. The summed E-state index contributed by atoms with van der Waals surface area (Å²) in [6, 6.07) is 7.85. The number of rotatable bonds is 5. The molecule has 116 valence electrons. The molecular formula is C16H23ClN2OS. The van der Waals surface area contributed by atoms with Crippen LogP contribution < -0.4 is 11.1 Å². The van der Waals surface area contributed by atoms with Crippen molar-refractivity contribution in [3.63, 3.8) is 0 Å². The molecule has 0 aliphatic heterocycles. The van der Waals surface area contributed by atoms with Crippen LogP contribution in [-0.2, 0) is 0 Å². The Morgan fingerprint density at radius 1 is 1.38 bits per heavy atom. The topological polar surface area (TPSA) is 55.1 Å². The van der Waals surface area contributed by atoms with Crippen LogP contribution in [0.15, 0.2) is 29.6 Å². The van der Waals surface area contributed by atoms with Gasteiger partial charge in [-0.05, 0) is 54.3 Å². The number of carbonyl (C=O) groups is 1. The molecule has 2 rings (SSSR count). The third kappa shape index (κ3) is 4.43. The van der Waals surface area contributed by atoms with Gasteiger partial charge in [-0.2, -0.15) is 0 Å². The van der Waals surface area contributed by atoms with Gasteiger partial charge < -0.3 is 11.1 Å². The zero-order valence-electron chi connectivity index (χ0n) is 12.7. The highest BCUT2D eigenvalue weighted by atomic mass is 35.5. The molecule has 1 aromatic heterocycles. The number of nitrogens with one attached hydrogen (secondary N) is 1. The molecule has 0 fully saturated rings. The van der Waals surface area contributed by atoms with E-state index in [1.54, 1.807) is 11.3 Å². The fraction of sp³-hybridized carbons (Fsp3) is 0.438. The first-order valence-corrected chi connectivity index (χ1v) is 7.81. The van der Waals surface area contributed by atoms with Crippen LogP contribution >= 0.6 is 23.7 Å². The minimum atomic E-state index is -0.352. The van der Waals surface area contributed by atoms with E-state index in [4.69, 9.17) is 5.73 Å². The Morgan fingerprint density at radius 2 is 2.10 bits per heavy atom. The first-order valence-electron chi connectivity index (χ1n) is 6.93. The molecule has 0 aliphatic rings. The normalized spacial score (nSPS) is 13.8. The SMILES string of the molecule is CC(C)CC(C)(CN)NC(=O)c1ccc2sccc2c1.Cl. The van der Waals surface area contributed by atoms with Crippen LogP contribution in [0.5, 0.6) is 0 Å². The van der Waals surface area contributed by atoms with Crippen molar-refractivity contribution < 1.29 is 4.79 Å². The summed E-state index contributed by atoms with van der Waals surface area (Å²) in [5.74, 6) is 0.440. The predicted molar refractivity (Wildman–Crippen MR) is 93.5 cm³/mol. The Kier molecular flexibility index (Phi) is 6.20. The molecule has 2 aromatic rings. The molecule has 0 aliphatic carbocycles. The summed E-state index contributed by atoms with van der Waals surface area (Å²) in [4.78, 5) is 12.4. The lowest BCUT2D eigenvalue weighted by atomic mass is 9.90. The highest BCUT2D eigenvalue weighted by Crippen LogP contribution is 2.22. The van der Waals surface area contributed by atoms with Gasteiger partial charge in [-0.1, -0.05) is 13.8 Å². The van der Waals surface area contributed by atoms with Crippen LogP contribution in [0.4, 0.5) is 0 Å². The zero-order valence-corrected chi connectivity index (χ0v) is 14.3. The second-order valence-corrected chi connectivity index (χ2v) is 6.94. The molecule has 0 radical (unpaired) electrons. The van der Waals surface area contributed by atoms with Gasteiger partial charge >= 0.3 is 0 Å². The molecule has 1 unspecified atom stereocenters. The lowest BCUT2D eigenvalue weighted by Gasteiger charge is -2.31. The molecule has 0 saturated heterocycles. The van der Waals surface area contributed by atoms with Crippen molar-refractivity contribution in [3.8, 4) is 0 Å². The van der Waals surface area contributed by atoms with Gasteiger partial charge in [0.1, 0.15) is 0 Å². The summed E-state index contributed by atoms with van der Waals surface area (Å²) in [6.45, 7) is 6.72. The van der Waals surface area contributed by atoms with E-state index >= 15 is 0 Å². The van der Waals surface area contributed by atoms with E-state index in [1.807, 2.05) is 36.6 Å². The summed E-state index contributed by atoms with van der Waals surface area (Å²) in [7, 11) is 0. The van der Waals surface area contributed by atoms with E-state index in [0.29, 0.717) is 18.0 Å². The number of hydrogen-bond acceptors (Lipinski definition) is 3. The van der Waals surface area contributed by atoms with E-state index in [9.17, 15) is 4.79 Å². The molecule has 3 N–H and O–H groups in total. The minimum Gasteiger partial charge on any atom is -0.346 e. The van der Waals surface area contributed by atoms with Crippen LogP contribution in [0.25, 0.3) is 10.1 Å². The quantitative estimate of drug-likeness (QED) is 0.877. The smallest absolute Gasteiger partial charge is 0.251 e. The second kappa shape index (κ2) is 7.25. The van der Waals surface area contributed by atoms with E-state index < -0.39 is 0 Å². The number of benzene rings is 1. The maximum absolute atomic E-state index is 12.4. The van der Waals surface area contributed by atoms with Gasteiger partial charge in [0.2, 0.25) is 0 Å². The summed E-state index contributed by atoms with van der Waals surface area (Å²) < 4.78 is 1.20. The maximum atomic E-state index is 12.4. The molecule has 5 heteroatoms. The first kappa shape index (κ1) is 18.0. The monoisotopic (exact) mass is 326 g/mol. The number of fused-ring (bicyclic) bond motifs is 1. The maximum Gasteiger partial charge on any atom is 0.251 e. The number of carbonyl (C=O) groups excluding carboxylic acids is 1. The Hall–Kier alpha value is -1.10. The number of thiophene rings is 1. The Bertz CT molecular complexity index is 611. The van der Waals surface area contributed by atoms with Gasteiger partial charge in [-0.3, -0.25) is 4.79 Å². The Balaban J connectivity index is 0.00000220. The molecule has 21 heavy (non-hydrogen) atoms. The van der Waals surface area contributed by atoms with Crippen molar-refractivity contribution >= 4 is 39.7 Å². The second-order valence-electron chi connectivity index (χ2n) is 5.99. The zero-order chi connectivity index (χ0) is 14.8. The van der Waals surface area contributed by atoms with Gasteiger partial charge in [-0.15, -0.1) is 23.7 Å². The van der Waals surface area contributed by atoms with Crippen LogP contribution in [0.3, 0.4) is 0 Å². The fourth-order valence-corrected chi connectivity index (χ4v) is 3.31. The first-order chi connectivity index (χ1) is 9.43. The number of hydrogen-bond donors (Lipinski definition) is 2. The molecule has 1 aromatic carbocycles. The van der Waals surface area contributed by atoms with Crippen molar-refractivity contribution in [2.24, 2.45) is 11.7 Å². The average Bonchev–Trinajstić information content (AvgIpc) is 2.84. The molecule has 1 amide bonds. The Labute approximate surface area is 136 Å². The van der Waals surface area contributed by atoms with Crippen LogP contribution in [0.2, 0.25) is 0 Å². The van der Waals surface area contributed by atoms with Gasteiger partial charge in [0.05, 0.1) is 0 Å². The van der Waals surface area contributed by atoms with Gasteiger partial charge in [0.25, 0.3) is 5.91 Å². The van der Waals surface area contributed by atoms with Crippen molar-refractivity contribution in [2.75, 3.05) is 6.54 Å². The van der Waals surface area contributed by atoms with E-state index in [1.165, 1.54) is 4.70 Å². The van der Waals surface area contributed by atoms with Crippen molar-refractivity contribution in [1.29, 1.82) is 0 Å². The molecule has 0 saturated carbocycles. The standard InChI is InChI=1S/C16H22N2OS.ClH/c1-11(2)9-16(3,10-17)18-15(19)13-4-5-14-12(8-13)6-7-20-14;/h4-8,11H,9-10,17H2,1-3H3,(H,18,19);1H. The lowest BCUT2D eigenvalue weighted by molar-refractivity contribution is 0.0898. The van der Waals surface area contributed by atoms with Crippen LogP contribution in [0, 0.1) is 5.92 Å². The molecular weight excluding hydrogens is 304 g/mol. The summed E-state index contributed by atoms with van der Waals surface area (Å²) >= 11 is 1.68. The largest absolute Gasteiger partial charge is 0.346 e. The highest BCUT2D eigenvalue weighted by Gasteiger charge is 2.26. The average molecular weight is 327 g/mol.